The Morgan fingerprint density at radius 3 is 2.67 bits per heavy atom. The van der Waals surface area contributed by atoms with E-state index in [1.54, 1.807) is 6.07 Å². The summed E-state index contributed by atoms with van der Waals surface area (Å²) in [5, 5.41) is 8.95. The van der Waals surface area contributed by atoms with Crippen molar-refractivity contribution in [3.63, 3.8) is 0 Å². The lowest BCUT2D eigenvalue weighted by Gasteiger charge is -2.22. The first-order chi connectivity index (χ1) is 8.51. The number of hydrogen-bond acceptors (Lipinski definition) is 5. The third-order valence-electron chi connectivity index (χ3n) is 3.48. The standard InChI is InChI=1S/C13H19N5/c1-9-7-18(8-12(9)17(3)4)13-15-10(2)5-11(6-14)16-13/h5,9,12H,7-8H2,1-4H3. The van der Waals surface area contributed by atoms with Crippen LogP contribution in [0.3, 0.4) is 0 Å². The SMILES string of the molecule is Cc1cc(C#N)nc(N2CC(C)C(N(C)C)C2)n1. The van der Waals surface area contributed by atoms with Crippen LogP contribution >= 0.6 is 0 Å². The predicted octanol–water partition coefficient (Wildman–Crippen LogP) is 1.04. The van der Waals surface area contributed by atoms with E-state index < -0.39 is 0 Å². The molecule has 2 rings (SSSR count). The molecule has 2 atom stereocenters. The monoisotopic (exact) mass is 245 g/mol. The zero-order valence-electron chi connectivity index (χ0n) is 11.4. The molecule has 2 unspecified atom stereocenters. The average Bonchev–Trinajstić information content (AvgIpc) is 2.70. The Bertz CT molecular complexity index is 477. The predicted molar refractivity (Wildman–Crippen MR) is 70.3 cm³/mol. The second-order valence-corrected chi connectivity index (χ2v) is 5.22. The smallest absolute Gasteiger partial charge is 0.226 e. The minimum atomic E-state index is 0.443. The van der Waals surface area contributed by atoms with Gasteiger partial charge < -0.3 is 9.80 Å². The van der Waals surface area contributed by atoms with E-state index >= 15 is 0 Å². The second-order valence-electron chi connectivity index (χ2n) is 5.22. The van der Waals surface area contributed by atoms with Gasteiger partial charge in [-0.2, -0.15) is 5.26 Å². The fourth-order valence-corrected chi connectivity index (χ4v) is 2.54. The average molecular weight is 245 g/mol. The Labute approximate surface area is 108 Å². The zero-order valence-corrected chi connectivity index (χ0v) is 11.4. The topological polar surface area (TPSA) is 56.1 Å². The Balaban J connectivity index is 2.24. The number of aromatic nitrogens is 2. The highest BCUT2D eigenvalue weighted by atomic mass is 15.3. The van der Waals surface area contributed by atoms with Gasteiger partial charge in [-0.05, 0) is 33.0 Å². The maximum atomic E-state index is 8.95. The number of anilines is 1. The van der Waals surface area contributed by atoms with Crippen molar-refractivity contribution in [2.45, 2.75) is 19.9 Å². The van der Waals surface area contributed by atoms with Gasteiger partial charge in [0.05, 0.1) is 0 Å². The Morgan fingerprint density at radius 2 is 2.11 bits per heavy atom. The fraction of sp³-hybridized carbons (Fsp3) is 0.615. The Morgan fingerprint density at radius 1 is 1.39 bits per heavy atom. The highest BCUT2D eigenvalue weighted by Crippen LogP contribution is 2.23. The molecule has 0 aromatic carbocycles. The van der Waals surface area contributed by atoms with Crippen molar-refractivity contribution in [3.8, 4) is 6.07 Å². The van der Waals surface area contributed by atoms with E-state index in [2.05, 4.69) is 46.9 Å². The molecule has 96 valence electrons. The van der Waals surface area contributed by atoms with Crippen molar-refractivity contribution < 1.29 is 0 Å². The summed E-state index contributed by atoms with van der Waals surface area (Å²) in [7, 11) is 4.20. The van der Waals surface area contributed by atoms with Crippen LogP contribution in [0, 0.1) is 24.2 Å². The molecule has 1 saturated heterocycles. The van der Waals surface area contributed by atoms with Crippen LogP contribution in [-0.2, 0) is 0 Å². The number of nitriles is 1. The molecule has 1 aromatic rings. The quantitative estimate of drug-likeness (QED) is 0.779. The van der Waals surface area contributed by atoms with Crippen molar-refractivity contribution >= 4 is 5.95 Å². The van der Waals surface area contributed by atoms with Gasteiger partial charge >= 0.3 is 0 Å². The van der Waals surface area contributed by atoms with Gasteiger partial charge in [-0.1, -0.05) is 6.92 Å². The van der Waals surface area contributed by atoms with Gasteiger partial charge in [0.25, 0.3) is 0 Å². The van der Waals surface area contributed by atoms with Gasteiger partial charge in [-0.3, -0.25) is 0 Å². The molecule has 1 aromatic heterocycles. The van der Waals surface area contributed by atoms with Crippen LogP contribution in [-0.4, -0.2) is 48.1 Å². The van der Waals surface area contributed by atoms with E-state index in [0.717, 1.165) is 18.8 Å². The van der Waals surface area contributed by atoms with Gasteiger partial charge in [0.2, 0.25) is 5.95 Å². The molecule has 5 nitrogen and oxygen atoms in total. The maximum Gasteiger partial charge on any atom is 0.226 e. The van der Waals surface area contributed by atoms with Crippen molar-refractivity contribution in [3.05, 3.63) is 17.5 Å². The van der Waals surface area contributed by atoms with Gasteiger partial charge in [-0.25, -0.2) is 9.97 Å². The van der Waals surface area contributed by atoms with E-state index in [0.29, 0.717) is 23.6 Å². The normalized spacial score (nSPS) is 23.4. The number of aryl methyl sites for hydroxylation is 1. The molecule has 1 aliphatic rings. The van der Waals surface area contributed by atoms with Crippen molar-refractivity contribution in [1.82, 2.24) is 14.9 Å². The Kier molecular flexibility index (Phi) is 3.48. The molecule has 0 N–H and O–H groups in total. The zero-order chi connectivity index (χ0) is 13.3. The molecule has 1 aliphatic heterocycles. The lowest BCUT2D eigenvalue weighted by Crippen LogP contribution is -2.34. The van der Waals surface area contributed by atoms with Gasteiger partial charge in [0.1, 0.15) is 11.8 Å². The molecule has 0 saturated carbocycles. The van der Waals surface area contributed by atoms with Crippen molar-refractivity contribution in [2.24, 2.45) is 5.92 Å². The maximum absolute atomic E-state index is 8.95. The summed E-state index contributed by atoms with van der Waals surface area (Å²) in [6.45, 7) is 6.00. The second kappa shape index (κ2) is 4.91. The highest BCUT2D eigenvalue weighted by Gasteiger charge is 2.32. The first kappa shape index (κ1) is 12.8. The summed E-state index contributed by atoms with van der Waals surface area (Å²) in [4.78, 5) is 13.1. The number of rotatable bonds is 2. The van der Waals surface area contributed by atoms with E-state index in [-0.39, 0.29) is 0 Å². The molecule has 2 heterocycles. The summed E-state index contributed by atoms with van der Waals surface area (Å²) in [5.41, 5.74) is 1.29. The van der Waals surface area contributed by atoms with Crippen LogP contribution in [0.1, 0.15) is 18.3 Å². The largest absolute Gasteiger partial charge is 0.339 e. The molecule has 0 aliphatic carbocycles. The molecule has 0 amide bonds. The third-order valence-corrected chi connectivity index (χ3v) is 3.48. The first-order valence-electron chi connectivity index (χ1n) is 6.18. The summed E-state index contributed by atoms with van der Waals surface area (Å²) >= 11 is 0. The number of likely N-dealkylation sites (N-methyl/N-ethyl adjacent to an activating group) is 1. The molecular formula is C13H19N5. The lowest BCUT2D eigenvalue weighted by molar-refractivity contribution is 0.266. The molecule has 18 heavy (non-hydrogen) atoms. The molecule has 5 heteroatoms. The van der Waals surface area contributed by atoms with Gasteiger partial charge in [0, 0.05) is 24.8 Å². The van der Waals surface area contributed by atoms with Crippen molar-refractivity contribution in [2.75, 3.05) is 32.1 Å². The van der Waals surface area contributed by atoms with E-state index in [1.807, 2.05) is 6.92 Å². The summed E-state index contributed by atoms with van der Waals surface area (Å²) < 4.78 is 0. The highest BCUT2D eigenvalue weighted by molar-refractivity contribution is 5.37. The first-order valence-corrected chi connectivity index (χ1v) is 6.18. The molecule has 1 fully saturated rings. The van der Waals surface area contributed by atoms with E-state index in [9.17, 15) is 0 Å². The minimum absolute atomic E-state index is 0.443. The van der Waals surface area contributed by atoms with Crippen LogP contribution in [0.15, 0.2) is 6.07 Å². The summed E-state index contributed by atoms with van der Waals surface area (Å²) in [6, 6.07) is 4.32. The molecule has 0 spiro atoms. The van der Waals surface area contributed by atoms with Crippen LogP contribution in [0.5, 0.6) is 0 Å². The molecule has 0 radical (unpaired) electrons. The van der Waals surface area contributed by atoms with Gasteiger partial charge in [-0.15, -0.1) is 0 Å². The molecular weight excluding hydrogens is 226 g/mol. The van der Waals surface area contributed by atoms with Crippen LogP contribution < -0.4 is 4.90 Å². The van der Waals surface area contributed by atoms with Gasteiger partial charge in [0.15, 0.2) is 0 Å². The van der Waals surface area contributed by atoms with Crippen molar-refractivity contribution in [1.29, 1.82) is 5.26 Å². The third kappa shape index (κ3) is 2.44. The Hall–Kier alpha value is -1.67. The number of nitrogens with zero attached hydrogens (tertiary/aromatic N) is 5. The number of hydrogen-bond donors (Lipinski definition) is 0. The summed E-state index contributed by atoms with van der Waals surface area (Å²) in [5.74, 6) is 1.26. The molecule has 0 bridgehead atoms. The van der Waals surface area contributed by atoms with Crippen LogP contribution in [0.25, 0.3) is 0 Å². The van der Waals surface area contributed by atoms with E-state index in [4.69, 9.17) is 5.26 Å². The minimum Gasteiger partial charge on any atom is -0.339 e. The van der Waals surface area contributed by atoms with E-state index in [1.165, 1.54) is 0 Å². The fourth-order valence-electron chi connectivity index (χ4n) is 2.54. The van der Waals surface area contributed by atoms with Crippen LogP contribution in [0.2, 0.25) is 0 Å². The van der Waals surface area contributed by atoms with Crippen LogP contribution in [0.4, 0.5) is 5.95 Å². The summed E-state index contributed by atoms with van der Waals surface area (Å²) in [6.07, 6.45) is 0. The lowest BCUT2D eigenvalue weighted by atomic mass is 10.1.